The molecule has 17 heavy (non-hydrogen) atoms. The summed E-state index contributed by atoms with van der Waals surface area (Å²) in [6.07, 6.45) is 2.60. The lowest BCUT2D eigenvalue weighted by molar-refractivity contribution is -0.176. The molecule has 1 aliphatic rings. The van der Waals surface area contributed by atoms with Gasteiger partial charge in [0.05, 0.1) is 6.42 Å². The van der Waals surface area contributed by atoms with Crippen LogP contribution in [0.3, 0.4) is 0 Å². The van der Waals surface area contributed by atoms with E-state index in [0.29, 0.717) is 6.42 Å². The number of imide groups is 1. The number of rotatable bonds is 6. The minimum absolute atomic E-state index is 0.00896. The average molecular weight is 243 g/mol. The quantitative estimate of drug-likeness (QED) is 0.326. The largest absolute Gasteiger partial charge is 0.452 e. The monoisotopic (exact) mass is 243 g/mol. The van der Waals surface area contributed by atoms with Crippen molar-refractivity contribution < 1.29 is 24.3 Å². The van der Waals surface area contributed by atoms with Crippen molar-refractivity contribution in [2.75, 3.05) is 0 Å². The lowest BCUT2D eigenvalue weighted by Crippen LogP contribution is -2.30. The lowest BCUT2D eigenvalue weighted by atomic mass is 10.1. The van der Waals surface area contributed by atoms with E-state index in [0.717, 1.165) is 19.3 Å². The molecule has 1 aliphatic heterocycles. The maximum Gasteiger partial charge on any atom is 0.306 e. The Balaban J connectivity index is 2.27. The summed E-state index contributed by atoms with van der Waals surface area (Å²) in [7, 11) is 0. The van der Waals surface area contributed by atoms with Gasteiger partial charge in [0.25, 0.3) is 11.8 Å². The number of amides is 2. The Morgan fingerprint density at radius 1 is 1.41 bits per heavy atom. The van der Waals surface area contributed by atoms with Gasteiger partial charge in [-0.2, -0.15) is 5.06 Å². The number of unbranched alkanes of at least 4 members (excludes halogenated alkanes) is 3. The van der Waals surface area contributed by atoms with Crippen LogP contribution in [-0.2, 0) is 19.1 Å². The van der Waals surface area contributed by atoms with Crippen LogP contribution in [0.1, 0.15) is 45.4 Å². The first kappa shape index (κ1) is 13.6. The maximum atomic E-state index is 11.3. The van der Waals surface area contributed by atoms with Crippen LogP contribution in [0.4, 0.5) is 0 Å². The van der Waals surface area contributed by atoms with Crippen molar-refractivity contribution in [3.63, 3.8) is 0 Å². The standard InChI is InChI=1S/C11H17NO5/c1-2-3-4-5-6-10(14)17-8-7-9(13)12(16)11(8)15/h8,16H,2-7H2,1H3. The summed E-state index contributed by atoms with van der Waals surface area (Å²) in [5.74, 6) is -2.10. The molecule has 1 atom stereocenters. The van der Waals surface area contributed by atoms with Crippen molar-refractivity contribution >= 4 is 17.8 Å². The Hall–Kier alpha value is -1.43. The van der Waals surface area contributed by atoms with E-state index in [1.165, 1.54) is 0 Å². The number of esters is 1. The molecule has 96 valence electrons. The summed E-state index contributed by atoms with van der Waals surface area (Å²) in [5, 5.41) is 8.95. The van der Waals surface area contributed by atoms with Crippen molar-refractivity contribution in [2.24, 2.45) is 0 Å². The van der Waals surface area contributed by atoms with Crippen molar-refractivity contribution in [2.45, 2.75) is 51.6 Å². The fourth-order valence-electron chi connectivity index (χ4n) is 1.60. The van der Waals surface area contributed by atoms with Crippen LogP contribution < -0.4 is 0 Å². The molecule has 1 saturated heterocycles. The molecule has 6 nitrogen and oxygen atoms in total. The number of nitrogens with zero attached hydrogens (tertiary/aromatic N) is 1. The number of ether oxygens (including phenoxy) is 1. The zero-order valence-electron chi connectivity index (χ0n) is 9.85. The van der Waals surface area contributed by atoms with E-state index in [1.54, 1.807) is 0 Å². The van der Waals surface area contributed by atoms with E-state index in [4.69, 9.17) is 9.94 Å². The molecule has 0 bridgehead atoms. The van der Waals surface area contributed by atoms with Crippen LogP contribution in [0.15, 0.2) is 0 Å². The van der Waals surface area contributed by atoms with Gasteiger partial charge in [-0.25, -0.2) is 0 Å². The van der Waals surface area contributed by atoms with Crippen molar-refractivity contribution in [3.05, 3.63) is 0 Å². The Labute approximate surface area is 99.5 Å². The molecule has 1 rings (SSSR count). The number of carbonyl (C=O) groups is 3. The summed E-state index contributed by atoms with van der Waals surface area (Å²) in [6.45, 7) is 2.07. The number of hydrogen-bond donors (Lipinski definition) is 1. The summed E-state index contributed by atoms with van der Waals surface area (Å²) in [5.41, 5.74) is 0. The van der Waals surface area contributed by atoms with Crippen LogP contribution in [-0.4, -0.2) is 34.2 Å². The first-order valence-electron chi connectivity index (χ1n) is 5.81. The molecule has 1 N–H and O–H groups in total. The molecular formula is C11H17NO5. The van der Waals surface area contributed by atoms with Crippen molar-refractivity contribution in [1.29, 1.82) is 0 Å². The molecule has 1 unspecified atom stereocenters. The zero-order chi connectivity index (χ0) is 12.8. The Bertz CT molecular complexity index is 315. The highest BCUT2D eigenvalue weighted by molar-refractivity contribution is 6.04. The Kier molecular flexibility index (Phi) is 5.09. The summed E-state index contributed by atoms with van der Waals surface area (Å²) in [4.78, 5) is 33.5. The highest BCUT2D eigenvalue weighted by Gasteiger charge is 2.40. The summed E-state index contributed by atoms with van der Waals surface area (Å²) in [6, 6.07) is 0. The minimum atomic E-state index is -1.15. The molecule has 0 aliphatic carbocycles. The fraction of sp³-hybridized carbons (Fsp3) is 0.727. The topological polar surface area (TPSA) is 83.9 Å². The van der Waals surface area contributed by atoms with Gasteiger partial charge in [0.1, 0.15) is 0 Å². The lowest BCUT2D eigenvalue weighted by Gasteiger charge is -2.09. The SMILES string of the molecule is CCCCCCC(=O)OC1CC(=O)N(O)C1=O. The zero-order valence-corrected chi connectivity index (χ0v) is 9.85. The molecule has 1 heterocycles. The molecule has 0 aromatic heterocycles. The molecule has 0 aromatic carbocycles. The van der Waals surface area contributed by atoms with Gasteiger partial charge in [0.15, 0.2) is 6.10 Å². The number of carbonyl (C=O) groups excluding carboxylic acids is 3. The van der Waals surface area contributed by atoms with E-state index in [2.05, 4.69) is 6.92 Å². The highest BCUT2D eigenvalue weighted by Crippen LogP contribution is 2.15. The van der Waals surface area contributed by atoms with Gasteiger partial charge in [0, 0.05) is 6.42 Å². The molecule has 0 spiro atoms. The Morgan fingerprint density at radius 3 is 2.65 bits per heavy atom. The van der Waals surface area contributed by atoms with E-state index in [-0.39, 0.29) is 17.9 Å². The molecule has 1 fully saturated rings. The third-order valence-corrected chi connectivity index (χ3v) is 2.59. The van der Waals surface area contributed by atoms with E-state index < -0.39 is 23.9 Å². The van der Waals surface area contributed by atoms with E-state index in [1.807, 2.05) is 0 Å². The third-order valence-electron chi connectivity index (χ3n) is 2.59. The van der Waals surface area contributed by atoms with Gasteiger partial charge < -0.3 is 4.74 Å². The van der Waals surface area contributed by atoms with Crippen LogP contribution in [0.5, 0.6) is 0 Å². The smallest absolute Gasteiger partial charge is 0.306 e. The third kappa shape index (κ3) is 3.81. The normalized spacial score (nSPS) is 19.9. The Morgan fingerprint density at radius 2 is 2.12 bits per heavy atom. The second-order valence-corrected chi connectivity index (χ2v) is 4.04. The van der Waals surface area contributed by atoms with Crippen LogP contribution >= 0.6 is 0 Å². The fourth-order valence-corrected chi connectivity index (χ4v) is 1.60. The van der Waals surface area contributed by atoms with Crippen molar-refractivity contribution in [1.82, 2.24) is 5.06 Å². The van der Waals surface area contributed by atoms with Crippen LogP contribution in [0.2, 0.25) is 0 Å². The van der Waals surface area contributed by atoms with Gasteiger partial charge >= 0.3 is 5.97 Å². The first-order chi connectivity index (χ1) is 8.06. The van der Waals surface area contributed by atoms with Crippen molar-refractivity contribution in [3.8, 4) is 0 Å². The predicted molar refractivity (Wildman–Crippen MR) is 56.9 cm³/mol. The number of hydrogen-bond acceptors (Lipinski definition) is 5. The van der Waals surface area contributed by atoms with Crippen LogP contribution in [0, 0.1) is 0 Å². The molecule has 2 amide bonds. The molecule has 0 radical (unpaired) electrons. The van der Waals surface area contributed by atoms with Gasteiger partial charge in [-0.3, -0.25) is 19.6 Å². The summed E-state index contributed by atoms with van der Waals surface area (Å²) < 4.78 is 4.83. The molecule has 0 saturated carbocycles. The van der Waals surface area contributed by atoms with Gasteiger partial charge in [-0.05, 0) is 6.42 Å². The highest BCUT2D eigenvalue weighted by atomic mass is 16.6. The molecule has 0 aromatic rings. The average Bonchev–Trinajstić information content (AvgIpc) is 2.53. The first-order valence-corrected chi connectivity index (χ1v) is 5.81. The molecular weight excluding hydrogens is 226 g/mol. The van der Waals surface area contributed by atoms with Crippen LogP contribution in [0.25, 0.3) is 0 Å². The second-order valence-electron chi connectivity index (χ2n) is 4.04. The summed E-state index contributed by atoms with van der Waals surface area (Å²) >= 11 is 0. The van der Waals surface area contributed by atoms with Gasteiger partial charge in [0.2, 0.25) is 0 Å². The number of hydroxylamine groups is 2. The van der Waals surface area contributed by atoms with E-state index >= 15 is 0 Å². The maximum absolute atomic E-state index is 11.3. The van der Waals surface area contributed by atoms with E-state index in [9.17, 15) is 14.4 Å². The minimum Gasteiger partial charge on any atom is -0.452 e. The van der Waals surface area contributed by atoms with Gasteiger partial charge in [-0.15, -0.1) is 0 Å². The van der Waals surface area contributed by atoms with Gasteiger partial charge in [-0.1, -0.05) is 26.2 Å². The second kappa shape index (κ2) is 6.34. The molecule has 6 heteroatoms. The predicted octanol–water partition coefficient (Wildman–Crippen LogP) is 1.02.